The Morgan fingerprint density at radius 1 is 1.05 bits per heavy atom. The number of rotatable bonds is 11. The molecule has 1 aliphatic rings. The van der Waals surface area contributed by atoms with E-state index >= 15 is 0 Å². The number of amides is 3. The van der Waals surface area contributed by atoms with E-state index in [0.29, 0.717) is 31.6 Å². The van der Waals surface area contributed by atoms with Crippen molar-refractivity contribution in [1.29, 1.82) is 0 Å². The molecule has 4 rings (SSSR count). The Kier molecular flexibility index (Phi) is 10.5. The number of carbonyl (C=O) groups excluding carboxylic acids is 3. The highest BCUT2D eigenvalue weighted by molar-refractivity contribution is 5.92. The molecule has 0 spiro atoms. The van der Waals surface area contributed by atoms with E-state index in [1.165, 1.54) is 47.3 Å². The zero-order valence-corrected chi connectivity index (χ0v) is 25.9. The van der Waals surface area contributed by atoms with Crippen molar-refractivity contribution in [1.82, 2.24) is 35.4 Å². The molecule has 10 nitrogen and oxygen atoms in total. The van der Waals surface area contributed by atoms with Gasteiger partial charge < -0.3 is 20.4 Å². The Hall–Kier alpha value is -4.19. The topological polar surface area (TPSA) is 112 Å². The molecule has 1 saturated heterocycles. The van der Waals surface area contributed by atoms with Crippen LogP contribution >= 0.6 is 0 Å². The lowest BCUT2D eigenvalue weighted by Crippen LogP contribution is -2.59. The van der Waals surface area contributed by atoms with E-state index in [1.54, 1.807) is 35.9 Å². The molecule has 1 fully saturated rings. The summed E-state index contributed by atoms with van der Waals surface area (Å²) in [6.45, 7) is 8.51. The molecule has 2 N–H and O–H groups in total. The van der Waals surface area contributed by atoms with Crippen molar-refractivity contribution in [2.24, 2.45) is 5.41 Å². The molecule has 1 aliphatic heterocycles. The molecule has 3 unspecified atom stereocenters. The van der Waals surface area contributed by atoms with Crippen LogP contribution in [0.5, 0.6) is 0 Å². The van der Waals surface area contributed by atoms with Crippen molar-refractivity contribution >= 4 is 17.7 Å². The van der Waals surface area contributed by atoms with Crippen molar-refractivity contribution in [3.63, 3.8) is 0 Å². The first-order valence-corrected chi connectivity index (χ1v) is 14.9. The van der Waals surface area contributed by atoms with Gasteiger partial charge in [-0.15, -0.1) is 5.10 Å². The molecule has 0 bridgehead atoms. The first kappa shape index (κ1) is 32.7. The Morgan fingerprint density at radius 3 is 2.30 bits per heavy atom. The summed E-state index contributed by atoms with van der Waals surface area (Å²) in [5.41, 5.74) is 0.953. The highest BCUT2D eigenvalue weighted by Gasteiger charge is 2.41. The van der Waals surface area contributed by atoms with Gasteiger partial charge in [0, 0.05) is 25.7 Å². The third-order valence-corrected chi connectivity index (χ3v) is 7.99. The van der Waals surface area contributed by atoms with Gasteiger partial charge in [-0.25, -0.2) is 13.5 Å². The number of hydrogen-bond donors (Lipinski definition) is 2. The van der Waals surface area contributed by atoms with Crippen LogP contribution in [0.25, 0.3) is 5.69 Å². The Balaban J connectivity index is 1.56. The lowest BCUT2D eigenvalue weighted by atomic mass is 9.85. The molecule has 1 aromatic heterocycles. The van der Waals surface area contributed by atoms with Gasteiger partial charge >= 0.3 is 0 Å². The summed E-state index contributed by atoms with van der Waals surface area (Å²) < 4.78 is 28.3. The van der Waals surface area contributed by atoms with Crippen molar-refractivity contribution in [2.45, 2.75) is 65.1 Å². The SMILES string of the molecule is CNC(C)C(=O)NC(C(=O)N1CCCC1CN(CCc1ccc(F)cc1)C(=O)c1cn(-c2ccc(F)cc2)nn1)C(C)(C)C. The minimum Gasteiger partial charge on any atom is -0.342 e. The summed E-state index contributed by atoms with van der Waals surface area (Å²) in [5, 5.41) is 14.0. The van der Waals surface area contributed by atoms with Crippen molar-refractivity contribution < 1.29 is 23.2 Å². The Morgan fingerprint density at radius 2 is 1.68 bits per heavy atom. The fraction of sp³-hybridized carbons (Fsp3) is 0.469. The van der Waals surface area contributed by atoms with E-state index in [2.05, 4.69) is 20.9 Å². The highest BCUT2D eigenvalue weighted by atomic mass is 19.1. The van der Waals surface area contributed by atoms with Gasteiger partial charge in [0.05, 0.1) is 17.9 Å². The highest BCUT2D eigenvalue weighted by Crippen LogP contribution is 2.27. The molecule has 236 valence electrons. The van der Waals surface area contributed by atoms with Crippen LogP contribution in [0.3, 0.4) is 0 Å². The molecule has 44 heavy (non-hydrogen) atoms. The lowest BCUT2D eigenvalue weighted by molar-refractivity contribution is -0.140. The normalized spacial score (nSPS) is 16.4. The molecule has 0 radical (unpaired) electrons. The first-order chi connectivity index (χ1) is 20.9. The second-order valence-corrected chi connectivity index (χ2v) is 12.3. The molecule has 12 heteroatoms. The number of benzene rings is 2. The summed E-state index contributed by atoms with van der Waals surface area (Å²) >= 11 is 0. The van der Waals surface area contributed by atoms with Crippen molar-refractivity contribution in [3.05, 3.63) is 77.6 Å². The largest absolute Gasteiger partial charge is 0.342 e. The quantitative estimate of drug-likeness (QED) is 0.345. The average molecular weight is 610 g/mol. The van der Waals surface area contributed by atoms with E-state index < -0.39 is 23.3 Å². The summed E-state index contributed by atoms with van der Waals surface area (Å²) in [6, 6.07) is 10.3. The minimum absolute atomic E-state index is 0.102. The third-order valence-electron chi connectivity index (χ3n) is 7.99. The molecule has 0 saturated carbocycles. The van der Waals surface area contributed by atoms with E-state index in [9.17, 15) is 23.2 Å². The van der Waals surface area contributed by atoms with E-state index in [-0.39, 0.29) is 41.8 Å². The first-order valence-electron chi connectivity index (χ1n) is 14.9. The number of carbonyl (C=O) groups is 3. The van der Waals surface area contributed by atoms with Gasteiger partial charge in [-0.2, -0.15) is 0 Å². The zero-order valence-electron chi connectivity index (χ0n) is 25.9. The Labute approximate surface area is 256 Å². The van der Waals surface area contributed by atoms with Gasteiger partial charge in [0.2, 0.25) is 11.8 Å². The number of aromatic nitrogens is 3. The number of hydrogen-bond acceptors (Lipinski definition) is 6. The third kappa shape index (κ3) is 8.04. The van der Waals surface area contributed by atoms with Gasteiger partial charge in [-0.1, -0.05) is 38.1 Å². The van der Waals surface area contributed by atoms with E-state index in [1.807, 2.05) is 20.8 Å². The molecule has 3 atom stereocenters. The zero-order chi connectivity index (χ0) is 32.0. The second-order valence-electron chi connectivity index (χ2n) is 12.3. The van der Waals surface area contributed by atoms with Crippen LogP contribution in [-0.4, -0.2) is 87.3 Å². The number of halogens is 2. The van der Waals surface area contributed by atoms with E-state index in [4.69, 9.17) is 0 Å². The van der Waals surface area contributed by atoms with Gasteiger partial charge in [0.1, 0.15) is 17.7 Å². The molecule has 0 aliphatic carbocycles. The van der Waals surface area contributed by atoms with Crippen molar-refractivity contribution in [2.75, 3.05) is 26.7 Å². The van der Waals surface area contributed by atoms with Crippen LogP contribution in [0.15, 0.2) is 54.7 Å². The van der Waals surface area contributed by atoms with Crippen LogP contribution in [0.4, 0.5) is 8.78 Å². The predicted octanol–water partition coefficient (Wildman–Crippen LogP) is 3.36. The summed E-state index contributed by atoms with van der Waals surface area (Å²) in [4.78, 5) is 44.0. The molecular formula is C32H41F2N7O3. The average Bonchev–Trinajstić information content (AvgIpc) is 3.68. The molecule has 2 aromatic carbocycles. The van der Waals surface area contributed by atoms with Crippen LogP contribution < -0.4 is 10.6 Å². The van der Waals surface area contributed by atoms with Gasteiger partial charge in [-0.05, 0) is 80.6 Å². The molecule has 2 heterocycles. The second kappa shape index (κ2) is 14.1. The fourth-order valence-corrected chi connectivity index (χ4v) is 5.22. The van der Waals surface area contributed by atoms with Crippen molar-refractivity contribution in [3.8, 4) is 5.69 Å². The number of likely N-dealkylation sites (tertiary alicyclic amines) is 1. The van der Waals surface area contributed by atoms with Gasteiger partial charge in [0.25, 0.3) is 5.91 Å². The summed E-state index contributed by atoms with van der Waals surface area (Å²) in [7, 11) is 1.68. The maximum absolute atomic E-state index is 14.0. The van der Waals surface area contributed by atoms with Crippen LogP contribution in [0.1, 0.15) is 56.6 Å². The maximum Gasteiger partial charge on any atom is 0.276 e. The van der Waals surface area contributed by atoms with Crippen LogP contribution in [0, 0.1) is 17.0 Å². The predicted molar refractivity (Wildman–Crippen MR) is 162 cm³/mol. The standard InChI is InChI=1S/C32H41F2N7O3/c1-21(35-5)29(42)36-28(32(2,3)4)31(44)40-17-6-7-26(40)19-39(18-16-22-8-10-23(33)11-9-22)30(43)27-20-41(38-37-27)25-14-12-24(34)13-15-25/h8-15,20-21,26,28,35H,6-7,16-19H2,1-5H3,(H,36,42). The lowest BCUT2D eigenvalue weighted by Gasteiger charge is -2.37. The fourth-order valence-electron chi connectivity index (χ4n) is 5.22. The maximum atomic E-state index is 14.0. The monoisotopic (exact) mass is 609 g/mol. The molecular weight excluding hydrogens is 568 g/mol. The number of likely N-dealkylation sites (N-methyl/N-ethyl adjacent to an activating group) is 1. The summed E-state index contributed by atoms with van der Waals surface area (Å²) in [5.74, 6) is -1.56. The van der Waals surface area contributed by atoms with E-state index in [0.717, 1.165) is 12.0 Å². The van der Waals surface area contributed by atoms with Gasteiger partial charge in [-0.3, -0.25) is 14.4 Å². The van der Waals surface area contributed by atoms with Crippen LogP contribution in [-0.2, 0) is 16.0 Å². The molecule has 3 amide bonds. The smallest absolute Gasteiger partial charge is 0.276 e. The number of nitrogens with zero attached hydrogens (tertiary/aromatic N) is 5. The molecule has 3 aromatic rings. The minimum atomic E-state index is -0.759. The van der Waals surface area contributed by atoms with Gasteiger partial charge in [0.15, 0.2) is 5.69 Å². The summed E-state index contributed by atoms with van der Waals surface area (Å²) in [6.07, 6.45) is 3.40. The Bertz CT molecular complexity index is 1440. The number of nitrogens with one attached hydrogen (secondary N) is 2. The van der Waals surface area contributed by atoms with Crippen LogP contribution in [0.2, 0.25) is 0 Å².